The van der Waals surface area contributed by atoms with Crippen LogP contribution in [0.25, 0.3) is 0 Å². The summed E-state index contributed by atoms with van der Waals surface area (Å²) in [7, 11) is 0. The predicted molar refractivity (Wildman–Crippen MR) is 78.4 cm³/mol. The van der Waals surface area contributed by atoms with Crippen LogP contribution in [0.3, 0.4) is 0 Å². The Labute approximate surface area is 124 Å². The molecule has 0 spiro atoms. The average molecular weight is 291 g/mol. The number of carboxylic acids is 1. The smallest absolute Gasteiger partial charge is 0.410 e. The maximum Gasteiger partial charge on any atom is 0.410 e. The highest BCUT2D eigenvalue weighted by Gasteiger charge is 2.31. The second-order valence-electron chi connectivity index (χ2n) is 6.46. The number of carbonyl (C=O) groups is 2. The van der Waals surface area contributed by atoms with E-state index >= 15 is 0 Å². The molecule has 1 aromatic carbocycles. The van der Waals surface area contributed by atoms with E-state index in [0.29, 0.717) is 18.7 Å². The summed E-state index contributed by atoms with van der Waals surface area (Å²) in [5, 5.41) is 9.24. The Kier molecular flexibility index (Phi) is 3.70. The zero-order valence-electron chi connectivity index (χ0n) is 13.1. The molecule has 0 radical (unpaired) electrons. The van der Waals surface area contributed by atoms with Crippen LogP contribution in [0.2, 0.25) is 0 Å². The maximum atomic E-state index is 12.2. The van der Waals surface area contributed by atoms with Crippen molar-refractivity contribution in [1.29, 1.82) is 0 Å². The van der Waals surface area contributed by atoms with Crippen molar-refractivity contribution in [3.05, 3.63) is 33.9 Å². The highest BCUT2D eigenvalue weighted by atomic mass is 16.6. The van der Waals surface area contributed by atoms with Crippen molar-refractivity contribution in [1.82, 2.24) is 4.90 Å². The molecule has 0 saturated carbocycles. The van der Waals surface area contributed by atoms with Gasteiger partial charge >= 0.3 is 12.1 Å². The standard InChI is InChI=1S/C16H21NO4/c1-9-6-11(14(18)19)10(2)13-8-17(7-12(9)13)15(20)21-16(3,4)5/h6H,7-8H2,1-5H3,(H,18,19). The minimum atomic E-state index is -0.936. The summed E-state index contributed by atoms with van der Waals surface area (Å²) in [5.41, 5.74) is 3.36. The lowest BCUT2D eigenvalue weighted by Gasteiger charge is -2.24. The van der Waals surface area contributed by atoms with Gasteiger partial charge in [0.25, 0.3) is 0 Å². The zero-order chi connectivity index (χ0) is 15.9. The number of amides is 1. The molecule has 0 aliphatic carbocycles. The van der Waals surface area contributed by atoms with Gasteiger partial charge in [-0.05, 0) is 62.9 Å². The summed E-state index contributed by atoms with van der Waals surface area (Å²) in [5.74, 6) is -0.936. The summed E-state index contributed by atoms with van der Waals surface area (Å²) < 4.78 is 5.38. The van der Waals surface area contributed by atoms with Gasteiger partial charge in [0.2, 0.25) is 0 Å². The minimum Gasteiger partial charge on any atom is -0.478 e. The van der Waals surface area contributed by atoms with Gasteiger partial charge in [-0.25, -0.2) is 9.59 Å². The van der Waals surface area contributed by atoms with Crippen LogP contribution in [0.5, 0.6) is 0 Å². The fourth-order valence-corrected chi connectivity index (χ4v) is 2.59. The normalized spacial score (nSPS) is 14.0. The first-order chi connectivity index (χ1) is 9.60. The van der Waals surface area contributed by atoms with Crippen molar-refractivity contribution < 1.29 is 19.4 Å². The summed E-state index contributed by atoms with van der Waals surface area (Å²) >= 11 is 0. The highest BCUT2D eigenvalue weighted by Crippen LogP contribution is 2.31. The number of carbonyl (C=O) groups excluding carboxylic acids is 1. The van der Waals surface area contributed by atoms with Crippen LogP contribution in [0.1, 0.15) is 53.4 Å². The number of aryl methyl sites for hydroxylation is 1. The van der Waals surface area contributed by atoms with E-state index in [0.717, 1.165) is 22.3 Å². The molecule has 0 unspecified atom stereocenters. The van der Waals surface area contributed by atoms with Gasteiger partial charge in [0, 0.05) is 13.1 Å². The Morgan fingerprint density at radius 3 is 2.29 bits per heavy atom. The van der Waals surface area contributed by atoms with E-state index in [4.69, 9.17) is 4.74 Å². The Morgan fingerprint density at radius 1 is 1.19 bits per heavy atom. The number of benzene rings is 1. The predicted octanol–water partition coefficient (Wildman–Crippen LogP) is 3.25. The molecule has 2 rings (SSSR count). The second kappa shape index (κ2) is 5.06. The molecule has 5 nitrogen and oxygen atoms in total. The zero-order valence-corrected chi connectivity index (χ0v) is 13.1. The molecule has 1 heterocycles. The van der Waals surface area contributed by atoms with Crippen molar-refractivity contribution in [3.8, 4) is 0 Å². The van der Waals surface area contributed by atoms with Crippen molar-refractivity contribution in [3.63, 3.8) is 0 Å². The number of carboxylic acid groups (broad SMARTS) is 1. The van der Waals surface area contributed by atoms with Crippen molar-refractivity contribution in [2.24, 2.45) is 0 Å². The van der Waals surface area contributed by atoms with Crippen LogP contribution in [0, 0.1) is 13.8 Å². The van der Waals surface area contributed by atoms with Gasteiger partial charge in [-0.1, -0.05) is 0 Å². The second-order valence-corrected chi connectivity index (χ2v) is 6.46. The number of rotatable bonds is 1. The molecular weight excluding hydrogens is 270 g/mol. The first kappa shape index (κ1) is 15.4. The molecule has 1 N–H and O–H groups in total. The van der Waals surface area contributed by atoms with Crippen LogP contribution in [0.15, 0.2) is 6.07 Å². The molecule has 0 atom stereocenters. The van der Waals surface area contributed by atoms with Gasteiger partial charge in [0.1, 0.15) is 5.60 Å². The lowest BCUT2D eigenvalue weighted by Crippen LogP contribution is -2.33. The van der Waals surface area contributed by atoms with Gasteiger partial charge in [0.15, 0.2) is 0 Å². The largest absolute Gasteiger partial charge is 0.478 e. The lowest BCUT2D eigenvalue weighted by atomic mass is 9.95. The van der Waals surface area contributed by atoms with E-state index in [1.54, 1.807) is 17.9 Å². The number of nitrogens with zero attached hydrogens (tertiary/aromatic N) is 1. The molecule has 0 fully saturated rings. The van der Waals surface area contributed by atoms with E-state index < -0.39 is 11.6 Å². The fraction of sp³-hybridized carbons (Fsp3) is 0.500. The van der Waals surface area contributed by atoms with Gasteiger partial charge < -0.3 is 9.84 Å². The molecule has 1 aromatic rings. The maximum absolute atomic E-state index is 12.2. The monoisotopic (exact) mass is 291 g/mol. The molecule has 1 aliphatic rings. The van der Waals surface area contributed by atoms with Crippen molar-refractivity contribution in [2.75, 3.05) is 0 Å². The summed E-state index contributed by atoms with van der Waals surface area (Å²) in [4.78, 5) is 25.0. The van der Waals surface area contributed by atoms with Gasteiger partial charge in [-0.2, -0.15) is 0 Å². The average Bonchev–Trinajstić information content (AvgIpc) is 2.77. The molecule has 1 amide bonds. The Hall–Kier alpha value is -2.04. The van der Waals surface area contributed by atoms with E-state index in [1.165, 1.54) is 0 Å². The molecule has 21 heavy (non-hydrogen) atoms. The third-order valence-corrected chi connectivity index (χ3v) is 3.64. The van der Waals surface area contributed by atoms with Crippen molar-refractivity contribution >= 4 is 12.1 Å². The minimum absolute atomic E-state index is 0.303. The Morgan fingerprint density at radius 2 is 1.76 bits per heavy atom. The fourth-order valence-electron chi connectivity index (χ4n) is 2.59. The number of aromatic carboxylic acids is 1. The number of hydrogen-bond donors (Lipinski definition) is 1. The first-order valence-corrected chi connectivity index (χ1v) is 6.93. The van der Waals surface area contributed by atoms with E-state index in [9.17, 15) is 14.7 Å². The Balaban J connectivity index is 2.31. The number of hydrogen-bond acceptors (Lipinski definition) is 3. The molecule has 114 valence electrons. The van der Waals surface area contributed by atoms with Gasteiger partial charge in [0.05, 0.1) is 5.56 Å². The summed E-state index contributed by atoms with van der Waals surface area (Å²) in [6, 6.07) is 1.68. The first-order valence-electron chi connectivity index (χ1n) is 6.93. The third kappa shape index (κ3) is 3.01. The highest BCUT2D eigenvalue weighted by molar-refractivity contribution is 5.90. The molecule has 5 heteroatoms. The Bertz CT molecular complexity index is 614. The molecule has 0 saturated heterocycles. The SMILES string of the molecule is Cc1cc(C(=O)O)c(C)c2c1CN(C(=O)OC(C)(C)C)C2. The van der Waals surface area contributed by atoms with E-state index in [-0.39, 0.29) is 6.09 Å². The quantitative estimate of drug-likeness (QED) is 0.862. The van der Waals surface area contributed by atoms with E-state index in [1.807, 2.05) is 27.7 Å². The number of fused-ring (bicyclic) bond motifs is 1. The van der Waals surface area contributed by atoms with Gasteiger partial charge in [-0.15, -0.1) is 0 Å². The summed E-state index contributed by atoms with van der Waals surface area (Å²) in [6.07, 6.45) is -0.366. The molecule has 0 bridgehead atoms. The third-order valence-electron chi connectivity index (χ3n) is 3.64. The van der Waals surface area contributed by atoms with Crippen LogP contribution in [-0.2, 0) is 17.8 Å². The van der Waals surface area contributed by atoms with Crippen LogP contribution >= 0.6 is 0 Å². The molecule has 0 aromatic heterocycles. The summed E-state index contributed by atoms with van der Waals surface area (Å²) in [6.45, 7) is 10.0. The molecular formula is C16H21NO4. The van der Waals surface area contributed by atoms with E-state index in [2.05, 4.69) is 0 Å². The van der Waals surface area contributed by atoms with Crippen LogP contribution < -0.4 is 0 Å². The van der Waals surface area contributed by atoms with Crippen LogP contribution in [-0.4, -0.2) is 27.7 Å². The van der Waals surface area contributed by atoms with Crippen molar-refractivity contribution in [2.45, 2.75) is 53.3 Å². The lowest BCUT2D eigenvalue weighted by molar-refractivity contribution is 0.0241. The van der Waals surface area contributed by atoms with Crippen LogP contribution in [0.4, 0.5) is 4.79 Å². The topological polar surface area (TPSA) is 66.8 Å². The van der Waals surface area contributed by atoms with Gasteiger partial charge in [-0.3, -0.25) is 4.90 Å². The number of ether oxygens (including phenoxy) is 1. The molecule has 1 aliphatic heterocycles.